The third kappa shape index (κ3) is 3.19. The number of aromatic nitrogens is 2. The van der Waals surface area contributed by atoms with Crippen LogP contribution in [0.2, 0.25) is 0 Å². The number of nitrogens with zero attached hydrogens (tertiary/aromatic N) is 3. The summed E-state index contributed by atoms with van der Waals surface area (Å²) in [5, 5.41) is 8.11. The maximum Gasteiger partial charge on any atom is 0.239 e. The van der Waals surface area contributed by atoms with Crippen molar-refractivity contribution in [1.82, 2.24) is 20.0 Å². The topological polar surface area (TPSA) is 50.2 Å². The summed E-state index contributed by atoms with van der Waals surface area (Å²) in [7, 11) is 0. The van der Waals surface area contributed by atoms with Gasteiger partial charge in [0, 0.05) is 31.0 Å². The van der Waals surface area contributed by atoms with Crippen LogP contribution in [0.5, 0.6) is 0 Å². The first kappa shape index (κ1) is 15.5. The molecule has 22 heavy (non-hydrogen) atoms. The quantitative estimate of drug-likeness (QED) is 0.929. The Morgan fingerprint density at radius 2 is 2.05 bits per heavy atom. The zero-order valence-electron chi connectivity index (χ0n) is 13.7. The normalized spacial score (nSPS) is 30.0. The summed E-state index contributed by atoms with van der Waals surface area (Å²) in [6, 6.07) is 3.00. The lowest BCUT2D eigenvalue weighted by Gasteiger charge is -2.40. The van der Waals surface area contributed by atoms with Gasteiger partial charge in [0.1, 0.15) is 0 Å². The van der Waals surface area contributed by atoms with E-state index in [-0.39, 0.29) is 11.9 Å². The first-order valence-corrected chi connectivity index (χ1v) is 8.72. The number of piperidine rings is 1. The predicted octanol–water partition coefficient (Wildman–Crippen LogP) is 2.36. The highest BCUT2D eigenvalue weighted by Crippen LogP contribution is 2.29. The maximum absolute atomic E-state index is 12.7. The molecule has 122 valence electrons. The van der Waals surface area contributed by atoms with Crippen molar-refractivity contribution in [3.63, 3.8) is 0 Å². The van der Waals surface area contributed by atoms with Crippen LogP contribution < -0.4 is 5.32 Å². The second-order valence-electron chi connectivity index (χ2n) is 6.93. The zero-order chi connectivity index (χ0) is 15.5. The van der Waals surface area contributed by atoms with Crippen molar-refractivity contribution >= 4 is 5.91 Å². The van der Waals surface area contributed by atoms with Crippen molar-refractivity contribution in [2.45, 2.75) is 76.5 Å². The minimum atomic E-state index is -0.0164. The molecular weight excluding hydrogens is 276 g/mol. The molecule has 2 aliphatic rings. The minimum Gasteiger partial charge on any atom is -0.339 e. The Morgan fingerprint density at radius 3 is 2.77 bits per heavy atom. The summed E-state index contributed by atoms with van der Waals surface area (Å²) in [5.41, 5.74) is 0. The smallest absolute Gasteiger partial charge is 0.239 e. The molecule has 1 saturated heterocycles. The molecule has 5 nitrogen and oxygen atoms in total. The van der Waals surface area contributed by atoms with Gasteiger partial charge >= 0.3 is 0 Å². The summed E-state index contributed by atoms with van der Waals surface area (Å²) in [6.45, 7) is 5.11. The Kier molecular flexibility index (Phi) is 4.81. The first-order valence-electron chi connectivity index (χ1n) is 8.72. The number of rotatable bonds is 4. The van der Waals surface area contributed by atoms with E-state index in [2.05, 4.69) is 28.9 Å². The van der Waals surface area contributed by atoms with Crippen molar-refractivity contribution in [2.75, 3.05) is 6.54 Å². The molecular formula is C17H28N4O. The Morgan fingerprint density at radius 1 is 1.23 bits per heavy atom. The van der Waals surface area contributed by atoms with Crippen molar-refractivity contribution in [3.8, 4) is 0 Å². The lowest BCUT2D eigenvalue weighted by atomic mass is 9.89. The molecule has 1 aromatic rings. The van der Waals surface area contributed by atoms with Gasteiger partial charge < -0.3 is 10.2 Å². The Bertz CT molecular complexity index is 485. The van der Waals surface area contributed by atoms with E-state index >= 15 is 0 Å². The molecule has 1 aromatic heterocycles. The van der Waals surface area contributed by atoms with E-state index in [1.54, 1.807) is 0 Å². The van der Waals surface area contributed by atoms with Crippen LogP contribution in [0, 0.1) is 0 Å². The van der Waals surface area contributed by atoms with Crippen LogP contribution in [-0.2, 0) is 4.79 Å². The minimum absolute atomic E-state index is 0.0164. The average Bonchev–Trinajstić information content (AvgIpc) is 3.04. The summed E-state index contributed by atoms with van der Waals surface area (Å²) in [6.07, 6.45) is 10.7. The second-order valence-corrected chi connectivity index (χ2v) is 6.93. The van der Waals surface area contributed by atoms with Gasteiger partial charge in [0.25, 0.3) is 0 Å². The molecule has 1 aliphatic heterocycles. The molecule has 0 aromatic carbocycles. The number of nitrogens with one attached hydrogen (secondary N) is 1. The van der Waals surface area contributed by atoms with Gasteiger partial charge in [-0.2, -0.15) is 5.10 Å². The van der Waals surface area contributed by atoms with Gasteiger partial charge in [-0.1, -0.05) is 12.8 Å². The number of likely N-dealkylation sites (tertiary alicyclic amines) is 1. The standard InChI is InChI=1S/C17H28N4O/c1-13(2)20-11-5-8-15(17(20)22)19-14-7-3-4-9-16(14)21-12-6-10-18-21/h6,10,12-16,19H,3-5,7-9,11H2,1-2H3/t14-,15+,16-/m1/s1. The van der Waals surface area contributed by atoms with Gasteiger partial charge in [0.15, 0.2) is 0 Å². The highest BCUT2D eigenvalue weighted by atomic mass is 16.2. The van der Waals surface area contributed by atoms with Gasteiger partial charge in [-0.15, -0.1) is 0 Å². The summed E-state index contributed by atoms with van der Waals surface area (Å²) in [4.78, 5) is 14.7. The van der Waals surface area contributed by atoms with E-state index in [1.165, 1.54) is 12.8 Å². The molecule has 1 aliphatic carbocycles. The van der Waals surface area contributed by atoms with Gasteiger partial charge in [-0.25, -0.2) is 0 Å². The van der Waals surface area contributed by atoms with E-state index < -0.39 is 0 Å². The van der Waals surface area contributed by atoms with Crippen molar-refractivity contribution < 1.29 is 4.79 Å². The Hall–Kier alpha value is -1.36. The largest absolute Gasteiger partial charge is 0.339 e. The zero-order valence-corrected chi connectivity index (χ0v) is 13.7. The summed E-state index contributed by atoms with van der Waals surface area (Å²) >= 11 is 0. The second kappa shape index (κ2) is 6.82. The average molecular weight is 304 g/mol. The van der Waals surface area contributed by atoms with E-state index in [0.29, 0.717) is 18.1 Å². The molecule has 2 fully saturated rings. The number of amides is 1. The van der Waals surface area contributed by atoms with Crippen molar-refractivity contribution in [3.05, 3.63) is 18.5 Å². The molecule has 2 heterocycles. The van der Waals surface area contributed by atoms with Crippen LogP contribution in [0.1, 0.15) is 58.4 Å². The molecule has 0 bridgehead atoms. The van der Waals surface area contributed by atoms with Gasteiger partial charge in [0.05, 0.1) is 12.1 Å². The Balaban J connectivity index is 1.69. The third-order valence-corrected chi connectivity index (χ3v) is 5.11. The maximum atomic E-state index is 12.7. The lowest BCUT2D eigenvalue weighted by molar-refractivity contribution is -0.138. The molecule has 3 atom stereocenters. The molecule has 0 unspecified atom stereocenters. The summed E-state index contributed by atoms with van der Waals surface area (Å²) in [5.74, 6) is 0.283. The molecule has 1 amide bonds. The summed E-state index contributed by atoms with van der Waals surface area (Å²) < 4.78 is 2.07. The molecule has 3 rings (SSSR count). The molecule has 0 radical (unpaired) electrons. The van der Waals surface area contributed by atoms with Crippen molar-refractivity contribution in [1.29, 1.82) is 0 Å². The van der Waals surface area contributed by atoms with Crippen LogP contribution >= 0.6 is 0 Å². The number of carbonyl (C=O) groups is 1. The van der Waals surface area contributed by atoms with Crippen LogP contribution in [0.15, 0.2) is 18.5 Å². The van der Waals surface area contributed by atoms with E-state index in [9.17, 15) is 4.79 Å². The number of carbonyl (C=O) groups excluding carboxylic acids is 1. The third-order valence-electron chi connectivity index (χ3n) is 5.11. The number of hydrogen-bond donors (Lipinski definition) is 1. The fourth-order valence-electron chi connectivity index (χ4n) is 3.92. The predicted molar refractivity (Wildman–Crippen MR) is 86.5 cm³/mol. The van der Waals surface area contributed by atoms with Crippen LogP contribution in [-0.4, -0.2) is 45.3 Å². The molecule has 0 spiro atoms. The number of hydrogen-bond acceptors (Lipinski definition) is 3. The fraction of sp³-hybridized carbons (Fsp3) is 0.765. The van der Waals surface area contributed by atoms with E-state index in [0.717, 1.165) is 32.2 Å². The highest BCUT2D eigenvalue weighted by molar-refractivity contribution is 5.82. The van der Waals surface area contributed by atoms with E-state index in [1.807, 2.05) is 23.4 Å². The van der Waals surface area contributed by atoms with Crippen molar-refractivity contribution in [2.24, 2.45) is 0 Å². The lowest BCUT2D eigenvalue weighted by Crippen LogP contribution is -2.56. The van der Waals surface area contributed by atoms with Crippen LogP contribution in [0.4, 0.5) is 0 Å². The van der Waals surface area contributed by atoms with Crippen LogP contribution in [0.3, 0.4) is 0 Å². The van der Waals surface area contributed by atoms with Gasteiger partial charge in [-0.3, -0.25) is 9.48 Å². The molecule has 1 saturated carbocycles. The monoisotopic (exact) mass is 304 g/mol. The Labute approximate surface area is 133 Å². The molecule has 5 heteroatoms. The highest BCUT2D eigenvalue weighted by Gasteiger charge is 2.35. The molecule has 1 N–H and O–H groups in total. The van der Waals surface area contributed by atoms with E-state index in [4.69, 9.17) is 0 Å². The SMILES string of the molecule is CC(C)N1CCC[C@H](N[C@@H]2CCCC[C@H]2n2cccn2)C1=O. The van der Waals surface area contributed by atoms with Crippen LogP contribution in [0.25, 0.3) is 0 Å². The fourth-order valence-corrected chi connectivity index (χ4v) is 3.92. The first-order chi connectivity index (χ1) is 10.7. The van der Waals surface area contributed by atoms with Gasteiger partial charge in [0.2, 0.25) is 5.91 Å². The van der Waals surface area contributed by atoms with Gasteiger partial charge in [-0.05, 0) is 45.6 Å².